The molecule has 1 aromatic rings. The molecule has 1 aliphatic heterocycles. The van der Waals surface area contributed by atoms with Crippen molar-refractivity contribution >= 4 is 18.3 Å². The Morgan fingerprint density at radius 1 is 1.24 bits per heavy atom. The molecule has 1 heterocycles. The van der Waals surface area contributed by atoms with Gasteiger partial charge in [0, 0.05) is 12.6 Å². The molecule has 0 radical (unpaired) electrons. The molecule has 118 valence electrons. The highest BCUT2D eigenvalue weighted by Gasteiger charge is 2.29. The maximum Gasteiger partial charge on any atom is 0.257 e. The number of nitrogens with zero attached hydrogens (tertiary/aromatic N) is 1. The van der Waals surface area contributed by atoms with Gasteiger partial charge < -0.3 is 10.6 Å². The molecule has 1 saturated heterocycles. The summed E-state index contributed by atoms with van der Waals surface area (Å²) in [5, 5.41) is 0. The van der Waals surface area contributed by atoms with E-state index in [0.717, 1.165) is 31.4 Å². The van der Waals surface area contributed by atoms with Gasteiger partial charge in [-0.25, -0.2) is 13.2 Å². The lowest BCUT2D eigenvalue weighted by Crippen LogP contribution is -2.45. The molecule has 1 fully saturated rings. The van der Waals surface area contributed by atoms with E-state index in [1.807, 2.05) is 0 Å². The third-order valence-corrected chi connectivity index (χ3v) is 3.65. The van der Waals surface area contributed by atoms with E-state index in [9.17, 15) is 18.0 Å². The van der Waals surface area contributed by atoms with Gasteiger partial charge in [0.25, 0.3) is 5.91 Å². The molecule has 7 heteroatoms. The second kappa shape index (κ2) is 7.66. The number of amides is 1. The van der Waals surface area contributed by atoms with Crippen LogP contribution < -0.4 is 5.73 Å². The molecule has 1 aliphatic rings. The monoisotopic (exact) mass is 322 g/mol. The Labute approximate surface area is 127 Å². The average molecular weight is 323 g/mol. The molecule has 0 spiro atoms. The smallest absolute Gasteiger partial charge is 0.257 e. The Balaban J connectivity index is 0.00000220. The number of piperidine rings is 1. The van der Waals surface area contributed by atoms with Gasteiger partial charge in [0.2, 0.25) is 0 Å². The summed E-state index contributed by atoms with van der Waals surface area (Å²) in [7, 11) is 0. The van der Waals surface area contributed by atoms with Crippen LogP contribution in [0.4, 0.5) is 13.2 Å². The van der Waals surface area contributed by atoms with Crippen LogP contribution in [0.5, 0.6) is 0 Å². The minimum atomic E-state index is -1.61. The van der Waals surface area contributed by atoms with Gasteiger partial charge in [0.05, 0.1) is 5.56 Å². The van der Waals surface area contributed by atoms with Crippen molar-refractivity contribution in [2.75, 3.05) is 13.1 Å². The van der Waals surface area contributed by atoms with Gasteiger partial charge in [-0.3, -0.25) is 4.79 Å². The van der Waals surface area contributed by atoms with E-state index in [-0.39, 0.29) is 18.4 Å². The molecule has 21 heavy (non-hydrogen) atoms. The maximum atomic E-state index is 13.7. The lowest BCUT2D eigenvalue weighted by atomic mass is 9.98. The number of hydrogen-bond acceptors (Lipinski definition) is 2. The van der Waals surface area contributed by atoms with Crippen molar-refractivity contribution in [2.45, 2.75) is 31.7 Å². The molecule has 1 unspecified atom stereocenters. The van der Waals surface area contributed by atoms with Crippen LogP contribution in [0.1, 0.15) is 36.0 Å². The maximum absolute atomic E-state index is 13.7. The average Bonchev–Trinajstić information content (AvgIpc) is 2.45. The predicted octanol–water partition coefficient (Wildman–Crippen LogP) is 2.87. The molecule has 1 amide bonds. The number of hydrogen-bond donors (Lipinski definition) is 1. The van der Waals surface area contributed by atoms with E-state index in [1.54, 1.807) is 0 Å². The molecule has 1 atom stereocenters. The van der Waals surface area contributed by atoms with E-state index in [0.29, 0.717) is 19.5 Å². The molecule has 0 saturated carbocycles. The summed E-state index contributed by atoms with van der Waals surface area (Å²) in [5.74, 6) is -4.92. The quantitative estimate of drug-likeness (QED) is 0.870. The zero-order chi connectivity index (χ0) is 14.7. The van der Waals surface area contributed by atoms with Crippen LogP contribution in [-0.2, 0) is 0 Å². The fraction of sp³-hybridized carbons (Fsp3) is 0.500. The summed E-state index contributed by atoms with van der Waals surface area (Å²) in [6.45, 7) is 0.913. The van der Waals surface area contributed by atoms with Gasteiger partial charge in [-0.2, -0.15) is 0 Å². The number of benzene rings is 1. The van der Waals surface area contributed by atoms with Crippen molar-refractivity contribution in [1.82, 2.24) is 4.90 Å². The Hall–Kier alpha value is -1.27. The minimum Gasteiger partial charge on any atom is -0.336 e. The van der Waals surface area contributed by atoms with Crippen LogP contribution in [0.25, 0.3) is 0 Å². The molecule has 3 nitrogen and oxygen atoms in total. The summed E-state index contributed by atoms with van der Waals surface area (Å²) >= 11 is 0. The lowest BCUT2D eigenvalue weighted by molar-refractivity contribution is 0.0599. The Morgan fingerprint density at radius 3 is 2.62 bits per heavy atom. The van der Waals surface area contributed by atoms with Crippen LogP contribution in [0.15, 0.2) is 12.1 Å². The van der Waals surface area contributed by atoms with E-state index >= 15 is 0 Å². The van der Waals surface area contributed by atoms with Gasteiger partial charge in [0.15, 0.2) is 17.5 Å². The van der Waals surface area contributed by atoms with Crippen molar-refractivity contribution in [1.29, 1.82) is 0 Å². The highest BCUT2D eigenvalue weighted by molar-refractivity contribution is 5.94. The van der Waals surface area contributed by atoms with Gasteiger partial charge >= 0.3 is 0 Å². The first-order valence-electron chi connectivity index (χ1n) is 6.70. The minimum absolute atomic E-state index is 0. The summed E-state index contributed by atoms with van der Waals surface area (Å²) in [6.07, 6.45) is 3.22. The van der Waals surface area contributed by atoms with E-state index in [4.69, 9.17) is 5.73 Å². The second-order valence-electron chi connectivity index (χ2n) is 4.95. The molecular formula is C14H18ClF3N2O. The normalized spacial score (nSPS) is 18.3. The molecular weight excluding hydrogens is 305 g/mol. The fourth-order valence-corrected chi connectivity index (χ4v) is 2.61. The number of carbonyl (C=O) groups excluding carboxylic acids is 1. The second-order valence-corrected chi connectivity index (χ2v) is 4.95. The van der Waals surface area contributed by atoms with Gasteiger partial charge in [-0.15, -0.1) is 12.4 Å². The molecule has 1 aromatic carbocycles. The van der Waals surface area contributed by atoms with Gasteiger partial charge in [0.1, 0.15) is 0 Å². The standard InChI is InChI=1S/C14H17F3N2O.ClH/c15-11-5-4-10(12(16)13(11)17)14(20)19-8-2-1-3-9(19)6-7-18;/h4-5,9H,1-3,6-8,18H2;1H. The third kappa shape index (κ3) is 3.68. The van der Waals surface area contributed by atoms with Crippen LogP contribution in [0, 0.1) is 17.5 Å². The van der Waals surface area contributed by atoms with Gasteiger partial charge in [-0.1, -0.05) is 0 Å². The van der Waals surface area contributed by atoms with Crippen molar-refractivity contribution in [3.8, 4) is 0 Å². The molecule has 0 aromatic heterocycles. The van der Waals surface area contributed by atoms with Crippen LogP contribution in [0.3, 0.4) is 0 Å². The van der Waals surface area contributed by atoms with Crippen molar-refractivity contribution in [3.05, 3.63) is 35.1 Å². The van der Waals surface area contributed by atoms with Crippen molar-refractivity contribution in [2.24, 2.45) is 5.73 Å². The SMILES string of the molecule is Cl.NCCC1CCCCN1C(=O)c1ccc(F)c(F)c1F. The fourth-order valence-electron chi connectivity index (χ4n) is 2.61. The predicted molar refractivity (Wildman–Crippen MR) is 75.9 cm³/mol. The lowest BCUT2D eigenvalue weighted by Gasteiger charge is -2.35. The van der Waals surface area contributed by atoms with E-state index < -0.39 is 28.9 Å². The Bertz CT molecular complexity index is 511. The van der Waals surface area contributed by atoms with Gasteiger partial charge in [-0.05, 0) is 44.4 Å². The first kappa shape index (κ1) is 17.8. The third-order valence-electron chi connectivity index (χ3n) is 3.65. The first-order valence-corrected chi connectivity index (χ1v) is 6.70. The number of carbonyl (C=O) groups is 1. The van der Waals surface area contributed by atoms with E-state index in [2.05, 4.69) is 0 Å². The Morgan fingerprint density at radius 2 is 1.95 bits per heavy atom. The molecule has 2 rings (SSSR count). The zero-order valence-electron chi connectivity index (χ0n) is 11.4. The molecule has 2 N–H and O–H groups in total. The topological polar surface area (TPSA) is 46.3 Å². The van der Waals surface area contributed by atoms with E-state index in [1.165, 1.54) is 4.90 Å². The number of likely N-dealkylation sites (tertiary alicyclic amines) is 1. The summed E-state index contributed by atoms with van der Waals surface area (Å²) in [6, 6.07) is 1.70. The number of nitrogens with two attached hydrogens (primary N) is 1. The largest absolute Gasteiger partial charge is 0.336 e. The first-order chi connectivity index (χ1) is 9.56. The van der Waals surface area contributed by atoms with Crippen LogP contribution in [0.2, 0.25) is 0 Å². The summed E-state index contributed by atoms with van der Waals surface area (Å²) < 4.78 is 39.8. The summed E-state index contributed by atoms with van der Waals surface area (Å²) in [5.41, 5.74) is 5.09. The summed E-state index contributed by atoms with van der Waals surface area (Å²) in [4.78, 5) is 13.8. The Kier molecular flexibility index (Phi) is 6.48. The highest BCUT2D eigenvalue weighted by atomic mass is 35.5. The highest BCUT2D eigenvalue weighted by Crippen LogP contribution is 2.24. The number of rotatable bonds is 3. The molecule has 0 bridgehead atoms. The van der Waals surface area contributed by atoms with Crippen LogP contribution >= 0.6 is 12.4 Å². The number of halogens is 4. The van der Waals surface area contributed by atoms with Crippen molar-refractivity contribution in [3.63, 3.8) is 0 Å². The molecule has 0 aliphatic carbocycles. The zero-order valence-corrected chi connectivity index (χ0v) is 12.3. The van der Waals surface area contributed by atoms with Crippen LogP contribution in [-0.4, -0.2) is 29.9 Å². The van der Waals surface area contributed by atoms with Crippen molar-refractivity contribution < 1.29 is 18.0 Å².